The molecule has 9 nitrogen and oxygen atoms in total. The number of hydrogen-bond donors (Lipinski definition) is 2. The molecule has 3 aliphatic heterocycles. The summed E-state index contributed by atoms with van der Waals surface area (Å²) in [5.41, 5.74) is 2.75. The second-order valence-corrected chi connectivity index (χ2v) is 13.7. The van der Waals surface area contributed by atoms with Crippen LogP contribution in [0.5, 0.6) is 17.2 Å². The highest BCUT2D eigenvalue weighted by Crippen LogP contribution is 2.37. The Kier molecular flexibility index (Phi) is 8.35. The molecule has 4 aromatic carbocycles. The number of amides is 1. The van der Waals surface area contributed by atoms with Crippen LogP contribution in [0.1, 0.15) is 60.9 Å². The zero-order chi connectivity index (χ0) is 30.8. The van der Waals surface area contributed by atoms with Gasteiger partial charge < -0.3 is 19.5 Å². The van der Waals surface area contributed by atoms with E-state index in [4.69, 9.17) is 14.2 Å². The molecule has 3 aliphatic rings. The highest BCUT2D eigenvalue weighted by Gasteiger charge is 2.29. The maximum Gasteiger partial charge on any atom is 0.241 e. The van der Waals surface area contributed by atoms with Crippen molar-refractivity contribution in [3.63, 3.8) is 0 Å². The van der Waals surface area contributed by atoms with Crippen molar-refractivity contribution in [1.82, 2.24) is 14.9 Å². The molecule has 4 aromatic rings. The van der Waals surface area contributed by atoms with Crippen LogP contribution in [0, 0.1) is 0 Å². The van der Waals surface area contributed by atoms with Crippen LogP contribution in [-0.2, 0) is 21.4 Å². The van der Waals surface area contributed by atoms with Crippen molar-refractivity contribution in [2.75, 3.05) is 26.5 Å². The fourth-order valence-corrected chi connectivity index (χ4v) is 7.70. The van der Waals surface area contributed by atoms with Crippen LogP contribution in [-0.4, -0.2) is 45.7 Å². The Morgan fingerprint density at radius 1 is 0.844 bits per heavy atom. The zero-order valence-corrected chi connectivity index (χ0v) is 25.9. The maximum atomic E-state index is 13.7. The summed E-state index contributed by atoms with van der Waals surface area (Å²) in [6.07, 6.45) is 4.29. The van der Waals surface area contributed by atoms with Gasteiger partial charge in [0.05, 0.1) is 23.6 Å². The number of carbonyl (C=O) groups excluding carboxylic acids is 1. The number of carbonyl (C=O) groups is 1. The normalized spacial score (nSPS) is 18.6. The van der Waals surface area contributed by atoms with E-state index in [0.29, 0.717) is 30.1 Å². The average molecular weight is 628 g/mol. The number of piperidine rings is 1. The number of benzene rings is 4. The molecule has 45 heavy (non-hydrogen) atoms. The SMILES string of the molecule is O=C(CC(NS(=O)(=O)c1ccc2ccccc2c1)c1ccc2c(c1)OCO2)NC1CCOc2cc(CN3CCCCC3)ccc21. The summed E-state index contributed by atoms with van der Waals surface area (Å²) in [5.74, 6) is 1.62. The van der Waals surface area contributed by atoms with Gasteiger partial charge in [0.1, 0.15) is 5.75 Å². The van der Waals surface area contributed by atoms with Gasteiger partial charge in [-0.1, -0.05) is 55.0 Å². The van der Waals surface area contributed by atoms with E-state index in [1.807, 2.05) is 24.3 Å². The van der Waals surface area contributed by atoms with Gasteiger partial charge in [-0.05, 0) is 78.2 Å². The Balaban J connectivity index is 1.10. The van der Waals surface area contributed by atoms with E-state index in [0.717, 1.165) is 41.7 Å². The molecule has 0 radical (unpaired) electrons. The number of nitrogens with one attached hydrogen (secondary N) is 2. The van der Waals surface area contributed by atoms with Crippen molar-refractivity contribution >= 4 is 26.7 Å². The molecule has 0 aliphatic carbocycles. The molecule has 1 saturated heterocycles. The van der Waals surface area contributed by atoms with Gasteiger partial charge in [0, 0.05) is 24.9 Å². The molecule has 2 unspecified atom stereocenters. The molecule has 2 N–H and O–H groups in total. The van der Waals surface area contributed by atoms with E-state index >= 15 is 0 Å². The van der Waals surface area contributed by atoms with Crippen molar-refractivity contribution in [2.24, 2.45) is 0 Å². The highest BCUT2D eigenvalue weighted by atomic mass is 32.2. The molecule has 3 heterocycles. The third kappa shape index (κ3) is 6.63. The molecular weight excluding hydrogens is 590 g/mol. The molecule has 10 heteroatoms. The van der Waals surface area contributed by atoms with Gasteiger partial charge in [-0.15, -0.1) is 0 Å². The van der Waals surface area contributed by atoms with Crippen LogP contribution in [0.2, 0.25) is 0 Å². The van der Waals surface area contributed by atoms with Crippen LogP contribution >= 0.6 is 0 Å². The first-order chi connectivity index (χ1) is 21.9. The van der Waals surface area contributed by atoms with E-state index in [-0.39, 0.29) is 30.1 Å². The number of fused-ring (bicyclic) bond motifs is 3. The molecule has 2 atom stereocenters. The lowest BCUT2D eigenvalue weighted by Crippen LogP contribution is -2.36. The molecular formula is C35H37N3O6S. The maximum absolute atomic E-state index is 13.7. The second kappa shape index (κ2) is 12.7. The number of sulfonamides is 1. The summed E-state index contributed by atoms with van der Waals surface area (Å²) in [6, 6.07) is 23.0. The summed E-state index contributed by atoms with van der Waals surface area (Å²) < 4.78 is 47.2. The Morgan fingerprint density at radius 3 is 2.53 bits per heavy atom. The van der Waals surface area contributed by atoms with Crippen LogP contribution in [0.25, 0.3) is 10.8 Å². The first-order valence-corrected chi connectivity index (χ1v) is 17.1. The summed E-state index contributed by atoms with van der Waals surface area (Å²) >= 11 is 0. The quantitative estimate of drug-likeness (QED) is 0.249. The first-order valence-electron chi connectivity index (χ1n) is 15.6. The van der Waals surface area contributed by atoms with Crippen molar-refractivity contribution in [1.29, 1.82) is 0 Å². The van der Waals surface area contributed by atoms with Crippen LogP contribution in [0.3, 0.4) is 0 Å². The minimum atomic E-state index is -3.98. The van der Waals surface area contributed by atoms with E-state index in [9.17, 15) is 13.2 Å². The van der Waals surface area contributed by atoms with Crippen molar-refractivity contribution in [3.05, 3.63) is 95.6 Å². The van der Waals surface area contributed by atoms with E-state index < -0.39 is 16.1 Å². The van der Waals surface area contributed by atoms with Gasteiger partial charge in [-0.3, -0.25) is 9.69 Å². The van der Waals surface area contributed by atoms with Gasteiger partial charge in [0.25, 0.3) is 0 Å². The summed E-state index contributed by atoms with van der Waals surface area (Å²) in [4.78, 5) is 16.2. The molecule has 0 bridgehead atoms. The predicted octanol–water partition coefficient (Wildman–Crippen LogP) is 5.60. The minimum absolute atomic E-state index is 0.0929. The molecule has 234 valence electrons. The third-order valence-electron chi connectivity index (χ3n) is 8.82. The molecule has 7 rings (SSSR count). The number of likely N-dealkylation sites (tertiary alicyclic amines) is 1. The lowest BCUT2D eigenvalue weighted by Gasteiger charge is -2.29. The monoisotopic (exact) mass is 627 g/mol. The number of rotatable bonds is 9. The number of hydrogen-bond acceptors (Lipinski definition) is 7. The van der Waals surface area contributed by atoms with Crippen LogP contribution < -0.4 is 24.2 Å². The molecule has 1 fully saturated rings. The fourth-order valence-electron chi connectivity index (χ4n) is 6.44. The van der Waals surface area contributed by atoms with Crippen LogP contribution in [0.4, 0.5) is 0 Å². The standard InChI is InChI=1S/C35H37N3O6S/c39-35(36-30-14-17-42-33-18-24(8-12-29(30)33)22-38-15-4-1-5-16-38)21-31(27-10-13-32-34(20-27)44-23-43-32)37-45(40,41)28-11-9-25-6-2-3-7-26(25)19-28/h2-3,6-13,18-20,30-31,37H,1,4-5,14-17,21-23H2,(H,36,39). The first kappa shape index (κ1) is 29.6. The van der Waals surface area contributed by atoms with E-state index in [2.05, 4.69) is 33.1 Å². The third-order valence-corrected chi connectivity index (χ3v) is 10.3. The van der Waals surface area contributed by atoms with Gasteiger partial charge in [-0.2, -0.15) is 0 Å². The zero-order valence-electron chi connectivity index (χ0n) is 25.0. The second-order valence-electron chi connectivity index (χ2n) is 12.0. The van der Waals surface area contributed by atoms with Crippen LogP contribution in [0.15, 0.2) is 83.8 Å². The van der Waals surface area contributed by atoms with Gasteiger partial charge in [0.15, 0.2) is 11.5 Å². The Hall–Kier alpha value is -4.12. The highest BCUT2D eigenvalue weighted by molar-refractivity contribution is 7.89. The molecule has 0 aromatic heterocycles. The average Bonchev–Trinajstić information content (AvgIpc) is 3.53. The van der Waals surface area contributed by atoms with Gasteiger partial charge in [0.2, 0.25) is 22.7 Å². The Labute approximate surface area is 263 Å². The summed E-state index contributed by atoms with van der Waals surface area (Å²) in [6.45, 7) is 3.71. The summed E-state index contributed by atoms with van der Waals surface area (Å²) in [5, 5.41) is 4.92. The lowest BCUT2D eigenvalue weighted by molar-refractivity contribution is -0.122. The van der Waals surface area contributed by atoms with Crippen molar-refractivity contribution in [2.45, 2.75) is 55.6 Å². The van der Waals surface area contributed by atoms with Crippen molar-refractivity contribution < 1.29 is 27.4 Å². The Bertz CT molecular complexity index is 1820. The van der Waals surface area contributed by atoms with Gasteiger partial charge in [-0.25, -0.2) is 13.1 Å². The van der Waals surface area contributed by atoms with Crippen molar-refractivity contribution in [3.8, 4) is 17.2 Å². The minimum Gasteiger partial charge on any atom is -0.493 e. The van der Waals surface area contributed by atoms with Gasteiger partial charge >= 0.3 is 0 Å². The number of nitrogens with zero attached hydrogens (tertiary/aromatic N) is 1. The number of ether oxygens (including phenoxy) is 3. The molecule has 0 spiro atoms. The smallest absolute Gasteiger partial charge is 0.241 e. The Morgan fingerprint density at radius 2 is 1.67 bits per heavy atom. The molecule has 1 amide bonds. The molecule has 0 saturated carbocycles. The topological polar surface area (TPSA) is 106 Å². The summed E-state index contributed by atoms with van der Waals surface area (Å²) in [7, 11) is -3.98. The fraction of sp³-hybridized carbons (Fsp3) is 0.343. The predicted molar refractivity (Wildman–Crippen MR) is 171 cm³/mol. The van der Waals surface area contributed by atoms with E-state index in [1.165, 1.54) is 24.8 Å². The lowest BCUT2D eigenvalue weighted by atomic mass is 9.97. The van der Waals surface area contributed by atoms with E-state index in [1.54, 1.807) is 36.4 Å². The largest absolute Gasteiger partial charge is 0.493 e.